The van der Waals surface area contributed by atoms with Crippen molar-refractivity contribution in [2.45, 2.75) is 32.9 Å². The molecule has 3 aromatic heterocycles. The third-order valence-corrected chi connectivity index (χ3v) is 5.77. The zero-order valence-electron chi connectivity index (χ0n) is 14.8. The molecule has 0 aliphatic carbocycles. The maximum Gasteiger partial charge on any atom is 0.169 e. The van der Waals surface area contributed by atoms with E-state index in [4.69, 9.17) is 0 Å². The molecular weight excluding hydrogens is 346 g/mol. The smallest absolute Gasteiger partial charge is 0.169 e. The van der Waals surface area contributed by atoms with E-state index in [0.29, 0.717) is 0 Å². The Morgan fingerprint density at radius 3 is 2.92 bits per heavy atom. The summed E-state index contributed by atoms with van der Waals surface area (Å²) in [4.78, 5) is 18.9. The monoisotopic (exact) mass is 367 g/mol. The van der Waals surface area contributed by atoms with Gasteiger partial charge in [0, 0.05) is 51.4 Å². The molecule has 6 nitrogen and oxygen atoms in total. The van der Waals surface area contributed by atoms with Gasteiger partial charge in [-0.3, -0.25) is 14.7 Å². The van der Waals surface area contributed by atoms with Gasteiger partial charge in [-0.25, -0.2) is 0 Å². The van der Waals surface area contributed by atoms with Crippen LogP contribution < -0.4 is 0 Å². The summed E-state index contributed by atoms with van der Waals surface area (Å²) in [6.45, 7) is 5.30. The maximum atomic E-state index is 11.5. The summed E-state index contributed by atoms with van der Waals surface area (Å²) >= 11 is 1.53. The summed E-state index contributed by atoms with van der Waals surface area (Å²) in [5.74, 6) is 2.20. The van der Waals surface area contributed by atoms with Crippen LogP contribution in [-0.4, -0.2) is 43.5 Å². The van der Waals surface area contributed by atoms with Crippen LogP contribution >= 0.6 is 11.3 Å². The number of carbonyl (C=O) groups is 1. The van der Waals surface area contributed by atoms with Crippen LogP contribution in [0.3, 0.4) is 0 Å². The Balaban J connectivity index is 1.43. The van der Waals surface area contributed by atoms with Crippen molar-refractivity contribution < 1.29 is 4.79 Å². The van der Waals surface area contributed by atoms with Crippen molar-refractivity contribution in [2.24, 2.45) is 0 Å². The van der Waals surface area contributed by atoms with Crippen LogP contribution in [0.5, 0.6) is 0 Å². The first kappa shape index (κ1) is 17.1. The van der Waals surface area contributed by atoms with Crippen LogP contribution in [0.4, 0.5) is 0 Å². The van der Waals surface area contributed by atoms with Gasteiger partial charge in [0.1, 0.15) is 11.6 Å². The van der Waals surface area contributed by atoms with E-state index >= 15 is 0 Å². The van der Waals surface area contributed by atoms with E-state index in [2.05, 4.69) is 36.1 Å². The number of rotatable bonds is 5. The van der Waals surface area contributed by atoms with Crippen LogP contribution in [-0.2, 0) is 25.9 Å². The molecule has 0 atom stereocenters. The molecule has 4 rings (SSSR count). The molecule has 0 unspecified atom stereocenters. The van der Waals surface area contributed by atoms with Crippen LogP contribution in [0.25, 0.3) is 0 Å². The molecule has 0 saturated carbocycles. The second kappa shape index (κ2) is 7.47. The molecule has 0 fully saturated rings. The van der Waals surface area contributed by atoms with Gasteiger partial charge in [-0.1, -0.05) is 6.07 Å². The molecule has 1 aliphatic rings. The highest BCUT2D eigenvalue weighted by Gasteiger charge is 2.19. The average molecular weight is 367 g/mol. The van der Waals surface area contributed by atoms with E-state index < -0.39 is 0 Å². The number of nitrogens with zero attached hydrogens (tertiary/aromatic N) is 5. The Hall–Kier alpha value is -2.38. The lowest BCUT2D eigenvalue weighted by Gasteiger charge is -2.18. The zero-order chi connectivity index (χ0) is 17.9. The minimum atomic E-state index is 0.142. The van der Waals surface area contributed by atoms with Gasteiger partial charge < -0.3 is 4.57 Å². The molecule has 0 bridgehead atoms. The fraction of sp³-hybridized carbons (Fsp3) is 0.368. The quantitative estimate of drug-likeness (QED) is 0.649. The van der Waals surface area contributed by atoms with Crippen LogP contribution in [0.2, 0.25) is 0 Å². The van der Waals surface area contributed by atoms with Gasteiger partial charge in [0.15, 0.2) is 5.78 Å². The molecule has 0 radical (unpaired) electrons. The molecule has 0 amide bonds. The third kappa shape index (κ3) is 3.73. The predicted octanol–water partition coefficient (Wildman–Crippen LogP) is 2.59. The number of pyridine rings is 1. The number of Topliss-reactive ketones (excluding diaryl/α,β-unsaturated/α-hetero) is 1. The molecule has 4 heterocycles. The van der Waals surface area contributed by atoms with Gasteiger partial charge in [0.05, 0.1) is 4.88 Å². The fourth-order valence-electron chi connectivity index (χ4n) is 3.30. The van der Waals surface area contributed by atoms with Crippen molar-refractivity contribution in [1.29, 1.82) is 0 Å². The predicted molar refractivity (Wildman–Crippen MR) is 100 cm³/mol. The van der Waals surface area contributed by atoms with Crippen LogP contribution in [0.1, 0.15) is 39.4 Å². The summed E-state index contributed by atoms with van der Waals surface area (Å²) in [5, 5.41) is 10.9. The Morgan fingerprint density at radius 1 is 1.23 bits per heavy atom. The SMILES string of the molecule is CC(=O)c1cc(CN2CCc3nnc(Cc4cccnc4)n3CC2)cs1. The van der Waals surface area contributed by atoms with Gasteiger partial charge in [0.2, 0.25) is 0 Å². The summed E-state index contributed by atoms with van der Waals surface area (Å²) in [5.41, 5.74) is 2.37. The van der Waals surface area contributed by atoms with E-state index in [0.717, 1.165) is 61.1 Å². The highest BCUT2D eigenvalue weighted by molar-refractivity contribution is 7.12. The van der Waals surface area contributed by atoms with Crippen molar-refractivity contribution in [1.82, 2.24) is 24.6 Å². The van der Waals surface area contributed by atoms with Gasteiger partial charge in [0.25, 0.3) is 0 Å². The van der Waals surface area contributed by atoms with E-state index in [9.17, 15) is 4.79 Å². The molecule has 0 aromatic carbocycles. The van der Waals surface area contributed by atoms with Crippen molar-refractivity contribution in [3.63, 3.8) is 0 Å². The van der Waals surface area contributed by atoms with E-state index in [1.54, 1.807) is 13.1 Å². The highest BCUT2D eigenvalue weighted by atomic mass is 32.1. The summed E-state index contributed by atoms with van der Waals surface area (Å²) in [6.07, 6.45) is 5.32. The number of fused-ring (bicyclic) bond motifs is 1. The number of thiophene rings is 1. The highest BCUT2D eigenvalue weighted by Crippen LogP contribution is 2.19. The fourth-order valence-corrected chi connectivity index (χ4v) is 4.11. The number of hydrogen-bond acceptors (Lipinski definition) is 6. The Kier molecular flexibility index (Phi) is 4.90. The first-order valence-electron chi connectivity index (χ1n) is 8.79. The van der Waals surface area contributed by atoms with Gasteiger partial charge >= 0.3 is 0 Å². The zero-order valence-corrected chi connectivity index (χ0v) is 15.6. The van der Waals surface area contributed by atoms with Crippen LogP contribution in [0, 0.1) is 0 Å². The number of aromatic nitrogens is 4. The van der Waals surface area contributed by atoms with Gasteiger partial charge in [-0.15, -0.1) is 21.5 Å². The summed E-state index contributed by atoms with van der Waals surface area (Å²) in [6, 6.07) is 6.04. The van der Waals surface area contributed by atoms with Gasteiger partial charge in [-0.2, -0.15) is 0 Å². The second-order valence-corrected chi connectivity index (χ2v) is 7.53. The molecule has 3 aromatic rings. The lowest BCUT2D eigenvalue weighted by molar-refractivity contribution is 0.102. The first-order valence-corrected chi connectivity index (χ1v) is 9.67. The largest absolute Gasteiger partial charge is 0.313 e. The number of hydrogen-bond donors (Lipinski definition) is 0. The molecule has 0 N–H and O–H groups in total. The van der Waals surface area contributed by atoms with E-state index in [-0.39, 0.29) is 5.78 Å². The van der Waals surface area contributed by atoms with E-state index in [1.165, 1.54) is 16.9 Å². The standard InChI is InChI=1S/C19H21N5OS/c1-14(25)17-9-16(13-26-17)12-23-6-4-18-21-22-19(24(18)8-7-23)10-15-3-2-5-20-11-15/h2-3,5,9,11,13H,4,6-8,10,12H2,1H3. The minimum Gasteiger partial charge on any atom is -0.313 e. The topological polar surface area (TPSA) is 63.9 Å². The molecule has 26 heavy (non-hydrogen) atoms. The van der Waals surface area contributed by atoms with Crippen molar-refractivity contribution >= 4 is 17.1 Å². The normalized spacial score (nSPS) is 14.8. The first-order chi connectivity index (χ1) is 12.7. The van der Waals surface area contributed by atoms with Crippen LogP contribution in [0.15, 0.2) is 36.0 Å². The lowest BCUT2D eigenvalue weighted by Crippen LogP contribution is -2.26. The van der Waals surface area contributed by atoms with Crippen molar-refractivity contribution in [2.75, 3.05) is 13.1 Å². The maximum absolute atomic E-state index is 11.5. The Morgan fingerprint density at radius 2 is 2.15 bits per heavy atom. The minimum absolute atomic E-state index is 0.142. The summed E-state index contributed by atoms with van der Waals surface area (Å²) < 4.78 is 2.25. The molecule has 134 valence electrons. The van der Waals surface area contributed by atoms with Crippen molar-refractivity contribution in [3.8, 4) is 0 Å². The Labute approximate surface area is 156 Å². The number of ketones is 1. The molecular formula is C19H21N5OS. The van der Waals surface area contributed by atoms with Gasteiger partial charge in [-0.05, 0) is 35.6 Å². The Bertz CT molecular complexity index is 902. The molecule has 0 saturated heterocycles. The second-order valence-electron chi connectivity index (χ2n) is 6.62. The molecule has 0 spiro atoms. The third-order valence-electron chi connectivity index (χ3n) is 4.69. The average Bonchev–Trinajstić information content (AvgIpc) is 3.20. The van der Waals surface area contributed by atoms with Crippen molar-refractivity contribution in [3.05, 3.63) is 63.6 Å². The number of carbonyl (C=O) groups excluding carboxylic acids is 1. The molecule has 7 heteroatoms. The molecule has 1 aliphatic heterocycles. The van der Waals surface area contributed by atoms with E-state index in [1.807, 2.05) is 18.3 Å². The lowest BCUT2D eigenvalue weighted by atomic mass is 10.2. The summed E-state index contributed by atoms with van der Waals surface area (Å²) in [7, 11) is 0.